The van der Waals surface area contributed by atoms with E-state index in [0.717, 1.165) is 16.7 Å². The number of halogens is 2. The van der Waals surface area contributed by atoms with Gasteiger partial charge in [-0.1, -0.05) is 66.5 Å². The molecule has 2 amide bonds. The Labute approximate surface area is 214 Å². The number of hydrogen-bond donors (Lipinski definition) is 3. The number of ether oxygens (including phenoxy) is 2. The predicted molar refractivity (Wildman–Crippen MR) is 134 cm³/mol. The van der Waals surface area contributed by atoms with E-state index < -0.39 is 6.29 Å². The summed E-state index contributed by atoms with van der Waals surface area (Å²) in [7, 11) is 0. The second kappa shape index (κ2) is 11.4. The largest absolute Gasteiger partial charge is 0.392 e. The Kier molecular flexibility index (Phi) is 8.30. The van der Waals surface area contributed by atoms with Crippen LogP contribution in [0.5, 0.6) is 0 Å². The number of urea groups is 1. The average Bonchev–Trinajstić information content (AvgIpc) is 3.18. The summed E-state index contributed by atoms with van der Waals surface area (Å²) in [5.41, 5.74) is 3.19. The fraction of sp³-hybridized carbons (Fsp3) is 0.360. The fourth-order valence-electron chi connectivity index (χ4n) is 4.09. The molecule has 10 heteroatoms. The summed E-state index contributed by atoms with van der Waals surface area (Å²) >= 11 is 12.4. The quantitative estimate of drug-likeness (QED) is 0.393. The molecule has 1 aliphatic heterocycles. The molecule has 0 radical (unpaired) electrons. The summed E-state index contributed by atoms with van der Waals surface area (Å²) in [6.45, 7) is 4.85. The number of nitrogens with zero attached hydrogens (tertiary/aromatic N) is 2. The van der Waals surface area contributed by atoms with Crippen molar-refractivity contribution >= 4 is 34.9 Å². The van der Waals surface area contributed by atoms with Crippen molar-refractivity contribution < 1.29 is 19.4 Å². The van der Waals surface area contributed by atoms with E-state index in [2.05, 4.69) is 22.5 Å². The summed E-state index contributed by atoms with van der Waals surface area (Å²) in [5, 5.41) is 15.5. The van der Waals surface area contributed by atoms with Crippen LogP contribution >= 0.6 is 23.2 Å². The van der Waals surface area contributed by atoms with Gasteiger partial charge in [-0.2, -0.15) is 0 Å². The first-order chi connectivity index (χ1) is 16.9. The number of carbonyl (C=O) groups excluding carboxylic acids is 1. The number of hydrogen-bond acceptors (Lipinski definition) is 5. The number of aliphatic hydroxyl groups excluding tert-OH is 1. The number of benzene rings is 2. The highest BCUT2D eigenvalue weighted by molar-refractivity contribution is 6.40. The van der Waals surface area contributed by atoms with Crippen molar-refractivity contribution in [2.45, 2.75) is 45.5 Å². The van der Waals surface area contributed by atoms with Gasteiger partial charge in [-0.05, 0) is 30.2 Å². The van der Waals surface area contributed by atoms with E-state index in [-0.39, 0.29) is 35.9 Å². The number of nitrogens with one attached hydrogen (secondary N) is 2. The van der Waals surface area contributed by atoms with Crippen LogP contribution in [-0.2, 0) is 22.6 Å². The van der Waals surface area contributed by atoms with Crippen LogP contribution in [0.4, 0.5) is 10.5 Å². The van der Waals surface area contributed by atoms with Gasteiger partial charge in [-0.15, -0.1) is 0 Å². The molecule has 4 unspecified atom stereocenters. The summed E-state index contributed by atoms with van der Waals surface area (Å²) in [6.07, 6.45) is 0.337. The van der Waals surface area contributed by atoms with Gasteiger partial charge in [-0.25, -0.2) is 9.78 Å². The highest BCUT2D eigenvalue weighted by Crippen LogP contribution is 2.42. The zero-order valence-electron chi connectivity index (χ0n) is 19.4. The number of carbonyl (C=O) groups is 1. The topological polar surface area (TPSA) is 97.6 Å². The van der Waals surface area contributed by atoms with Crippen molar-refractivity contribution in [1.29, 1.82) is 0 Å². The van der Waals surface area contributed by atoms with Crippen molar-refractivity contribution in [3.63, 3.8) is 0 Å². The van der Waals surface area contributed by atoms with Crippen molar-refractivity contribution in [2.75, 3.05) is 11.9 Å². The van der Waals surface area contributed by atoms with Gasteiger partial charge in [0.25, 0.3) is 0 Å². The van der Waals surface area contributed by atoms with E-state index in [4.69, 9.17) is 32.7 Å². The normalized spacial score (nSPS) is 22.1. The minimum atomic E-state index is -0.688. The molecule has 3 N–H and O–H groups in total. The molecule has 1 aromatic heterocycles. The third-order valence-electron chi connectivity index (χ3n) is 5.99. The van der Waals surface area contributed by atoms with Crippen LogP contribution in [0.15, 0.2) is 54.9 Å². The van der Waals surface area contributed by atoms with E-state index in [1.54, 1.807) is 17.0 Å². The molecule has 0 bridgehead atoms. The molecule has 8 nitrogen and oxygen atoms in total. The second-order valence-electron chi connectivity index (χ2n) is 8.41. The highest BCUT2D eigenvalue weighted by Gasteiger charge is 2.39. The number of aromatic nitrogens is 2. The Bertz CT molecular complexity index is 1150. The van der Waals surface area contributed by atoms with E-state index >= 15 is 0 Å². The summed E-state index contributed by atoms with van der Waals surface area (Å²) in [4.78, 5) is 16.1. The van der Waals surface area contributed by atoms with E-state index in [1.807, 2.05) is 49.4 Å². The van der Waals surface area contributed by atoms with Crippen LogP contribution in [0, 0.1) is 5.92 Å². The van der Waals surface area contributed by atoms with Crippen molar-refractivity contribution in [1.82, 2.24) is 14.9 Å². The molecule has 0 saturated carbocycles. The lowest BCUT2D eigenvalue weighted by Crippen LogP contribution is -2.39. The fourth-order valence-corrected chi connectivity index (χ4v) is 4.40. The van der Waals surface area contributed by atoms with Crippen LogP contribution in [0.1, 0.15) is 42.9 Å². The maximum absolute atomic E-state index is 12.0. The zero-order valence-corrected chi connectivity index (χ0v) is 21.0. The maximum Gasteiger partial charge on any atom is 0.319 e. The smallest absolute Gasteiger partial charge is 0.319 e. The molecule has 1 aliphatic rings. The molecule has 1 saturated heterocycles. The van der Waals surface area contributed by atoms with Crippen LogP contribution < -0.4 is 10.6 Å². The number of amides is 2. The highest BCUT2D eigenvalue weighted by atomic mass is 35.5. The predicted octanol–water partition coefficient (Wildman–Crippen LogP) is 5.32. The Morgan fingerprint density at radius 1 is 1.14 bits per heavy atom. The molecule has 4 atom stereocenters. The molecule has 35 heavy (non-hydrogen) atoms. The molecular formula is C25H28Cl2N4O4. The van der Waals surface area contributed by atoms with Gasteiger partial charge in [0.05, 0.1) is 31.7 Å². The first-order valence-corrected chi connectivity index (χ1v) is 12.2. The van der Waals surface area contributed by atoms with E-state index in [1.165, 1.54) is 0 Å². The summed E-state index contributed by atoms with van der Waals surface area (Å²) in [6, 6.07) is 14.8. The minimum absolute atomic E-state index is 0.0268. The molecular weight excluding hydrogens is 491 g/mol. The maximum atomic E-state index is 12.0. The lowest BCUT2D eigenvalue weighted by atomic mass is 9.90. The van der Waals surface area contributed by atoms with Gasteiger partial charge >= 0.3 is 6.03 Å². The molecule has 0 aliphatic carbocycles. The minimum Gasteiger partial charge on any atom is -0.392 e. The van der Waals surface area contributed by atoms with Gasteiger partial charge in [0.2, 0.25) is 0 Å². The third kappa shape index (κ3) is 5.97. The standard InChI is InChI=1S/C25H28Cl2N4O4/c1-3-28-25(33)30-19-6-4-5-18(11-19)24-34-20(12-31-14-29-22(26)23(31)27)15(2)21(35-24)17-9-7-16(13-32)8-10-17/h4-11,14-15,20-21,24,32H,3,12-13H2,1-2H3,(H2,28,30,33). The van der Waals surface area contributed by atoms with Crippen molar-refractivity contribution in [3.05, 3.63) is 81.9 Å². The molecule has 0 spiro atoms. The molecule has 2 heterocycles. The van der Waals surface area contributed by atoms with Crippen molar-refractivity contribution in [3.8, 4) is 0 Å². The second-order valence-corrected chi connectivity index (χ2v) is 9.13. The Balaban J connectivity index is 1.63. The molecule has 1 fully saturated rings. The number of anilines is 1. The van der Waals surface area contributed by atoms with Crippen LogP contribution in [-0.4, -0.2) is 33.3 Å². The number of aliphatic hydroxyl groups is 1. The van der Waals surface area contributed by atoms with Crippen LogP contribution in [0.3, 0.4) is 0 Å². The first kappa shape index (κ1) is 25.5. The van der Waals surface area contributed by atoms with E-state index in [0.29, 0.717) is 23.9 Å². The number of rotatable bonds is 7. The summed E-state index contributed by atoms with van der Waals surface area (Å²) in [5.74, 6) is -0.0416. The number of imidazole rings is 1. The lowest BCUT2D eigenvalue weighted by molar-refractivity contribution is -0.276. The Hall–Kier alpha value is -2.62. The van der Waals surface area contributed by atoms with Gasteiger partial charge in [0.1, 0.15) is 5.15 Å². The third-order valence-corrected chi connectivity index (χ3v) is 6.76. The van der Waals surface area contributed by atoms with Gasteiger partial charge in [0, 0.05) is 23.7 Å². The summed E-state index contributed by atoms with van der Waals surface area (Å²) < 4.78 is 14.6. The molecule has 186 valence electrons. The zero-order chi connectivity index (χ0) is 24.9. The lowest BCUT2D eigenvalue weighted by Gasteiger charge is -2.41. The Morgan fingerprint density at radius 2 is 1.91 bits per heavy atom. The van der Waals surface area contributed by atoms with Crippen molar-refractivity contribution in [2.24, 2.45) is 5.92 Å². The molecule has 2 aromatic carbocycles. The van der Waals surface area contributed by atoms with Gasteiger partial charge in [0.15, 0.2) is 11.4 Å². The first-order valence-electron chi connectivity index (χ1n) is 11.4. The average molecular weight is 519 g/mol. The van der Waals surface area contributed by atoms with Gasteiger partial charge < -0.3 is 29.8 Å². The van der Waals surface area contributed by atoms with Gasteiger partial charge in [-0.3, -0.25) is 0 Å². The molecule has 3 aromatic rings. The monoisotopic (exact) mass is 518 g/mol. The SMILES string of the molecule is CCNC(=O)Nc1cccc(C2OC(Cn3cnc(Cl)c3Cl)C(C)C(c3ccc(CO)cc3)O2)c1. The Morgan fingerprint density at radius 3 is 2.57 bits per heavy atom. The van der Waals surface area contributed by atoms with Crippen LogP contribution in [0.25, 0.3) is 0 Å². The molecule has 4 rings (SSSR count). The van der Waals surface area contributed by atoms with Crippen LogP contribution in [0.2, 0.25) is 10.3 Å². The van der Waals surface area contributed by atoms with E-state index in [9.17, 15) is 9.90 Å².